The number of imidazole rings is 1. The molecule has 0 radical (unpaired) electrons. The molecule has 0 unspecified atom stereocenters. The summed E-state index contributed by atoms with van der Waals surface area (Å²) >= 11 is 1.67. The van der Waals surface area contributed by atoms with E-state index in [0.717, 1.165) is 46.7 Å². The second-order valence-corrected chi connectivity index (χ2v) is 8.83. The van der Waals surface area contributed by atoms with Gasteiger partial charge in [0.1, 0.15) is 16.9 Å². The van der Waals surface area contributed by atoms with Gasteiger partial charge in [0.15, 0.2) is 5.65 Å². The standard InChI is InChI=1S/C23H23N7O2S/c1-2-4-17(5-3-1)14-29-21-20(27-23(29)28-8-10-31-11-9-28)22(25-16-24-21)33-15-18-6-7-30-19(12-18)13-26-32-30/h1-7,12-13,16,26H,8-11,14-15H2. The predicted molar refractivity (Wildman–Crippen MR) is 126 cm³/mol. The molecule has 3 aliphatic rings. The minimum Gasteiger partial charge on any atom is -0.378 e. The molecule has 0 bridgehead atoms. The Bertz CT molecular complexity index is 1250. The Kier molecular flexibility index (Phi) is 5.46. The lowest BCUT2D eigenvalue weighted by atomic mass is 10.2. The summed E-state index contributed by atoms with van der Waals surface area (Å²) in [6.45, 7) is 3.73. The van der Waals surface area contributed by atoms with Crippen LogP contribution in [0.2, 0.25) is 0 Å². The zero-order chi connectivity index (χ0) is 22.0. The van der Waals surface area contributed by atoms with E-state index < -0.39 is 0 Å². The average molecular weight is 462 g/mol. The van der Waals surface area contributed by atoms with Gasteiger partial charge >= 0.3 is 0 Å². The number of ether oxygens (including phenoxy) is 1. The number of allylic oxidation sites excluding steroid dienone is 2. The summed E-state index contributed by atoms with van der Waals surface area (Å²) in [4.78, 5) is 21.8. The maximum absolute atomic E-state index is 5.57. The molecule has 5 heterocycles. The van der Waals surface area contributed by atoms with Gasteiger partial charge in [-0.05, 0) is 23.3 Å². The highest BCUT2D eigenvalue weighted by Gasteiger charge is 2.23. The number of hydroxylamine groups is 3. The van der Waals surface area contributed by atoms with Gasteiger partial charge in [-0.15, -0.1) is 0 Å². The first kappa shape index (κ1) is 20.3. The van der Waals surface area contributed by atoms with E-state index in [1.165, 1.54) is 11.1 Å². The maximum atomic E-state index is 5.57. The molecule has 10 heteroatoms. The van der Waals surface area contributed by atoms with Crippen molar-refractivity contribution in [3.8, 4) is 0 Å². The third-order valence-corrected chi connectivity index (χ3v) is 6.75. The number of anilines is 1. The monoisotopic (exact) mass is 461 g/mol. The summed E-state index contributed by atoms with van der Waals surface area (Å²) in [6, 6.07) is 10.4. The smallest absolute Gasteiger partial charge is 0.208 e. The van der Waals surface area contributed by atoms with Crippen molar-refractivity contribution in [1.29, 1.82) is 0 Å². The zero-order valence-corrected chi connectivity index (χ0v) is 18.7. The van der Waals surface area contributed by atoms with Crippen LogP contribution in [0.5, 0.6) is 0 Å². The van der Waals surface area contributed by atoms with Gasteiger partial charge in [0.25, 0.3) is 0 Å². The van der Waals surface area contributed by atoms with Crippen molar-refractivity contribution in [1.82, 2.24) is 30.1 Å². The lowest BCUT2D eigenvalue weighted by Gasteiger charge is -2.28. The van der Waals surface area contributed by atoms with Crippen LogP contribution in [-0.2, 0) is 16.2 Å². The topological polar surface area (TPSA) is 80.6 Å². The summed E-state index contributed by atoms with van der Waals surface area (Å²) in [5.74, 6) is 1.69. The molecule has 33 heavy (non-hydrogen) atoms. The molecular weight excluding hydrogens is 438 g/mol. The van der Waals surface area contributed by atoms with Gasteiger partial charge in [-0.1, -0.05) is 42.1 Å². The van der Waals surface area contributed by atoms with Gasteiger partial charge in [0.2, 0.25) is 5.95 Å². The highest BCUT2D eigenvalue weighted by Crippen LogP contribution is 2.31. The number of hydrogen-bond donors (Lipinski definition) is 1. The number of hydrogen-bond acceptors (Lipinski definition) is 9. The summed E-state index contributed by atoms with van der Waals surface area (Å²) in [7, 11) is 0. The summed E-state index contributed by atoms with van der Waals surface area (Å²) in [5, 5.41) is 2.57. The molecule has 0 spiro atoms. The lowest BCUT2D eigenvalue weighted by molar-refractivity contribution is -0.112. The van der Waals surface area contributed by atoms with Gasteiger partial charge < -0.3 is 9.64 Å². The van der Waals surface area contributed by atoms with Gasteiger partial charge in [-0.3, -0.25) is 4.57 Å². The number of aromatic nitrogens is 4. The Balaban J connectivity index is 1.33. The van der Waals surface area contributed by atoms with E-state index in [-0.39, 0.29) is 0 Å². The summed E-state index contributed by atoms with van der Waals surface area (Å²) in [6.07, 6.45) is 9.52. The molecule has 0 aliphatic carbocycles. The second-order valence-electron chi connectivity index (χ2n) is 7.86. The Morgan fingerprint density at radius 1 is 1.09 bits per heavy atom. The fourth-order valence-electron chi connectivity index (χ4n) is 4.05. The minimum atomic E-state index is 0.702. The van der Waals surface area contributed by atoms with Crippen LogP contribution in [0.1, 0.15) is 5.56 Å². The molecule has 168 valence electrons. The third kappa shape index (κ3) is 4.08. The van der Waals surface area contributed by atoms with Gasteiger partial charge in [-0.2, -0.15) is 4.94 Å². The quantitative estimate of drug-likeness (QED) is 0.440. The highest BCUT2D eigenvalue weighted by atomic mass is 32.2. The molecule has 1 aromatic carbocycles. The number of thioether (sulfide) groups is 1. The lowest BCUT2D eigenvalue weighted by Crippen LogP contribution is -2.38. The van der Waals surface area contributed by atoms with Crippen LogP contribution in [0.3, 0.4) is 0 Å². The Labute approximate surface area is 195 Å². The van der Waals surface area contributed by atoms with Gasteiger partial charge in [-0.25, -0.2) is 25.5 Å². The van der Waals surface area contributed by atoms with E-state index in [4.69, 9.17) is 14.7 Å². The van der Waals surface area contributed by atoms with Crippen LogP contribution in [0.25, 0.3) is 11.2 Å². The normalized spacial score (nSPS) is 17.7. The van der Waals surface area contributed by atoms with Crippen molar-refractivity contribution in [2.45, 2.75) is 11.6 Å². The summed E-state index contributed by atoms with van der Waals surface area (Å²) in [5.41, 5.74) is 7.82. The Morgan fingerprint density at radius 3 is 2.85 bits per heavy atom. The van der Waals surface area contributed by atoms with E-state index in [2.05, 4.69) is 55.3 Å². The SMILES string of the molecule is C1=CN2ONC=C2C=C1CSc1ncnc2c1nc(N1CCOCC1)n2Cc1ccccc1. The van der Waals surface area contributed by atoms with Crippen molar-refractivity contribution in [3.05, 3.63) is 78.0 Å². The molecule has 0 amide bonds. The largest absolute Gasteiger partial charge is 0.378 e. The molecule has 1 fully saturated rings. The van der Waals surface area contributed by atoms with Crippen LogP contribution < -0.4 is 10.4 Å². The van der Waals surface area contributed by atoms with E-state index >= 15 is 0 Å². The van der Waals surface area contributed by atoms with Crippen molar-refractivity contribution >= 4 is 28.9 Å². The fraction of sp³-hybridized carbons (Fsp3) is 0.261. The molecule has 0 atom stereocenters. The highest BCUT2D eigenvalue weighted by molar-refractivity contribution is 7.99. The van der Waals surface area contributed by atoms with Crippen LogP contribution in [-0.4, -0.2) is 56.6 Å². The Morgan fingerprint density at radius 2 is 1.97 bits per heavy atom. The predicted octanol–water partition coefficient (Wildman–Crippen LogP) is 2.85. The second kappa shape index (κ2) is 8.89. The minimum absolute atomic E-state index is 0.702. The van der Waals surface area contributed by atoms with Crippen LogP contribution in [0.15, 0.2) is 77.5 Å². The maximum Gasteiger partial charge on any atom is 0.208 e. The third-order valence-electron chi connectivity index (χ3n) is 5.70. The first-order valence-corrected chi connectivity index (χ1v) is 11.8. The number of fused-ring (bicyclic) bond motifs is 2. The molecule has 6 rings (SSSR count). The van der Waals surface area contributed by atoms with E-state index in [0.29, 0.717) is 19.8 Å². The molecule has 9 nitrogen and oxygen atoms in total. The van der Waals surface area contributed by atoms with Crippen LogP contribution in [0.4, 0.5) is 5.95 Å². The molecule has 1 saturated heterocycles. The number of nitrogens with one attached hydrogen (secondary N) is 1. The molecule has 3 aromatic rings. The van der Waals surface area contributed by atoms with E-state index in [1.54, 1.807) is 23.2 Å². The zero-order valence-electron chi connectivity index (χ0n) is 17.9. The first-order chi connectivity index (χ1) is 16.3. The number of benzene rings is 1. The molecule has 1 N–H and O–H groups in total. The van der Waals surface area contributed by atoms with E-state index in [9.17, 15) is 0 Å². The van der Waals surface area contributed by atoms with Crippen LogP contribution in [0, 0.1) is 0 Å². The Hall–Kier alpha value is -3.34. The van der Waals surface area contributed by atoms with Crippen molar-refractivity contribution in [3.63, 3.8) is 0 Å². The van der Waals surface area contributed by atoms with Gasteiger partial charge in [0, 0.05) is 25.0 Å². The number of rotatable bonds is 6. The molecule has 0 saturated carbocycles. The van der Waals surface area contributed by atoms with Crippen LogP contribution >= 0.6 is 11.8 Å². The number of morpholine rings is 1. The average Bonchev–Trinajstić information content (AvgIpc) is 3.49. The molecular formula is C23H23N7O2S. The number of nitrogens with zero attached hydrogens (tertiary/aromatic N) is 6. The summed E-state index contributed by atoms with van der Waals surface area (Å²) < 4.78 is 7.77. The van der Waals surface area contributed by atoms with Crippen molar-refractivity contribution in [2.75, 3.05) is 37.0 Å². The molecule has 3 aliphatic heterocycles. The molecule has 2 aromatic heterocycles. The van der Waals surface area contributed by atoms with Crippen molar-refractivity contribution in [2.24, 2.45) is 0 Å². The van der Waals surface area contributed by atoms with E-state index in [1.807, 2.05) is 24.5 Å². The fourth-order valence-corrected chi connectivity index (χ4v) is 4.93. The van der Waals surface area contributed by atoms with Gasteiger partial charge in [0.05, 0.1) is 31.7 Å². The van der Waals surface area contributed by atoms with Crippen molar-refractivity contribution < 1.29 is 9.68 Å². The first-order valence-electron chi connectivity index (χ1n) is 10.9.